The second kappa shape index (κ2) is 10.3. The van der Waals surface area contributed by atoms with Crippen LogP contribution < -0.4 is 20.1 Å². The van der Waals surface area contributed by atoms with Gasteiger partial charge in [0.1, 0.15) is 17.5 Å². The van der Waals surface area contributed by atoms with Crippen molar-refractivity contribution in [1.82, 2.24) is 10.6 Å². The molecule has 4 rings (SSSR count). The minimum absolute atomic E-state index is 0.0461. The van der Waals surface area contributed by atoms with E-state index in [2.05, 4.69) is 25.1 Å². The molecule has 0 saturated heterocycles. The first-order valence-corrected chi connectivity index (χ1v) is 10.5. The van der Waals surface area contributed by atoms with Gasteiger partial charge in [-0.25, -0.2) is 4.99 Å². The van der Waals surface area contributed by atoms with E-state index in [0.717, 1.165) is 47.2 Å². The molecule has 0 amide bonds. The molecule has 2 N–H and O–H groups in total. The van der Waals surface area contributed by atoms with Crippen LogP contribution in [-0.2, 0) is 0 Å². The molecular formula is C24H20F4N4O2. The topological polar surface area (TPSA) is 78.7 Å². The van der Waals surface area contributed by atoms with Crippen LogP contribution >= 0.6 is 0 Å². The number of aliphatic imine (C=N–C) groups is 1. The van der Waals surface area contributed by atoms with Crippen molar-refractivity contribution < 1.29 is 27.0 Å². The van der Waals surface area contributed by atoms with Crippen molar-refractivity contribution in [3.8, 4) is 17.7 Å². The summed E-state index contributed by atoms with van der Waals surface area (Å²) < 4.78 is 58.6. The van der Waals surface area contributed by atoms with Gasteiger partial charge >= 0.3 is 13.2 Å². The summed E-state index contributed by atoms with van der Waals surface area (Å²) in [5.41, 5.74) is 4.36. The van der Waals surface area contributed by atoms with Gasteiger partial charge in [-0.2, -0.15) is 22.8 Å². The van der Waals surface area contributed by atoms with Crippen LogP contribution in [-0.4, -0.2) is 19.2 Å². The van der Waals surface area contributed by atoms with Crippen molar-refractivity contribution in [3.63, 3.8) is 0 Å². The number of allylic oxidation sites excluding steroid dienone is 1. The highest BCUT2D eigenvalue weighted by atomic mass is 19.3. The number of rotatable bonds is 6. The maximum atomic E-state index is 12.5. The van der Waals surface area contributed by atoms with E-state index in [4.69, 9.17) is 5.26 Å². The van der Waals surface area contributed by atoms with E-state index in [0.29, 0.717) is 0 Å². The molecule has 2 aromatic carbocycles. The number of benzene rings is 2. The van der Waals surface area contributed by atoms with Crippen molar-refractivity contribution in [1.29, 1.82) is 5.26 Å². The number of hydrogen-bond acceptors (Lipinski definition) is 6. The van der Waals surface area contributed by atoms with E-state index in [-0.39, 0.29) is 17.5 Å². The lowest BCUT2D eigenvalue weighted by molar-refractivity contribution is -0.0505. The molecule has 0 unspecified atom stereocenters. The summed E-state index contributed by atoms with van der Waals surface area (Å²) >= 11 is 0. The summed E-state index contributed by atoms with van der Waals surface area (Å²) in [6.07, 6.45) is 6.17. The molecule has 0 saturated carbocycles. The van der Waals surface area contributed by atoms with Crippen molar-refractivity contribution in [2.45, 2.75) is 38.5 Å². The smallest absolute Gasteiger partial charge is 0.387 e. The molecule has 176 valence electrons. The van der Waals surface area contributed by atoms with E-state index < -0.39 is 19.3 Å². The number of alkyl halides is 4. The van der Waals surface area contributed by atoms with Crippen LogP contribution in [0.3, 0.4) is 0 Å². The summed E-state index contributed by atoms with van der Waals surface area (Å²) in [7, 11) is 0. The largest absolute Gasteiger partial charge is 0.435 e. The van der Waals surface area contributed by atoms with Crippen LogP contribution in [0.1, 0.15) is 36.4 Å². The summed E-state index contributed by atoms with van der Waals surface area (Å²) in [5.74, 6) is 0.390. The molecule has 1 heterocycles. The number of guanidine groups is 1. The Morgan fingerprint density at radius 3 is 2.18 bits per heavy atom. The van der Waals surface area contributed by atoms with Crippen LogP contribution in [0.2, 0.25) is 0 Å². The summed E-state index contributed by atoms with van der Waals surface area (Å²) in [4.78, 5) is 4.61. The average molecular weight is 472 g/mol. The zero-order valence-corrected chi connectivity index (χ0v) is 17.8. The van der Waals surface area contributed by atoms with Gasteiger partial charge < -0.3 is 14.8 Å². The van der Waals surface area contributed by atoms with Crippen molar-refractivity contribution in [3.05, 3.63) is 76.5 Å². The lowest BCUT2D eigenvalue weighted by Gasteiger charge is -2.32. The summed E-state index contributed by atoms with van der Waals surface area (Å²) in [5, 5.41) is 14.8. The molecule has 10 heteroatoms. The highest BCUT2D eigenvalue weighted by Crippen LogP contribution is 2.41. The van der Waals surface area contributed by atoms with Gasteiger partial charge in [0.2, 0.25) is 5.96 Å². The first-order valence-electron chi connectivity index (χ1n) is 10.5. The molecule has 0 radical (unpaired) electrons. The predicted octanol–water partition coefficient (Wildman–Crippen LogP) is 5.48. The number of ether oxygens (including phenoxy) is 2. The number of hydrogen-bond donors (Lipinski definition) is 2. The van der Waals surface area contributed by atoms with E-state index >= 15 is 0 Å². The Bertz CT molecular complexity index is 1150. The van der Waals surface area contributed by atoms with E-state index in [1.54, 1.807) is 24.3 Å². The highest BCUT2D eigenvalue weighted by Gasteiger charge is 2.30. The van der Waals surface area contributed by atoms with Gasteiger partial charge in [0.05, 0.1) is 0 Å². The van der Waals surface area contributed by atoms with Crippen molar-refractivity contribution in [2.24, 2.45) is 4.99 Å². The molecule has 0 bridgehead atoms. The van der Waals surface area contributed by atoms with Crippen LogP contribution in [0.15, 0.2) is 70.4 Å². The lowest BCUT2D eigenvalue weighted by Crippen LogP contribution is -2.39. The predicted molar refractivity (Wildman–Crippen MR) is 117 cm³/mol. The first kappa shape index (κ1) is 23.2. The summed E-state index contributed by atoms with van der Waals surface area (Å²) in [6, 6.07) is 12.2. The van der Waals surface area contributed by atoms with E-state index in [9.17, 15) is 17.6 Å². The fourth-order valence-electron chi connectivity index (χ4n) is 4.03. The maximum absolute atomic E-state index is 12.5. The van der Waals surface area contributed by atoms with E-state index in [1.807, 2.05) is 12.3 Å². The highest BCUT2D eigenvalue weighted by molar-refractivity contribution is 5.86. The normalized spacial score (nSPS) is 18.8. The average Bonchev–Trinajstić information content (AvgIpc) is 2.80. The van der Waals surface area contributed by atoms with Crippen LogP contribution in [0.25, 0.3) is 6.08 Å². The fraction of sp³-hybridized carbons (Fsp3) is 0.250. The Balaban J connectivity index is 1.66. The standard InChI is InChI=1S/C24H20F4N4O2/c25-22(26)33-17-8-4-14(5-9-17)12-16-2-1-3-19-20(31-24(30-13-29)32-21(16)19)15-6-10-18(11-7-15)34-23(27)28/h4-12,20,22-23H,1-3H2,(H2,30,31,32)/b16-12+/t20-/m1/s1. The third kappa shape index (κ3) is 5.49. The minimum Gasteiger partial charge on any atom is -0.435 e. The Morgan fingerprint density at radius 1 is 0.971 bits per heavy atom. The van der Waals surface area contributed by atoms with Gasteiger partial charge in [0.15, 0.2) is 6.19 Å². The van der Waals surface area contributed by atoms with Gasteiger partial charge in [0.25, 0.3) is 0 Å². The molecule has 0 spiro atoms. The van der Waals surface area contributed by atoms with Gasteiger partial charge in [-0.1, -0.05) is 24.3 Å². The van der Waals surface area contributed by atoms with E-state index in [1.165, 1.54) is 24.3 Å². The molecule has 34 heavy (non-hydrogen) atoms. The Kier molecular flexibility index (Phi) is 7.01. The van der Waals surface area contributed by atoms with Gasteiger partial charge in [-0.3, -0.25) is 5.32 Å². The number of nitrogens with one attached hydrogen (secondary N) is 2. The molecule has 1 atom stereocenters. The monoisotopic (exact) mass is 472 g/mol. The number of nitrogens with zero attached hydrogens (tertiary/aromatic N) is 2. The van der Waals surface area contributed by atoms with Crippen LogP contribution in [0, 0.1) is 11.5 Å². The minimum atomic E-state index is -2.91. The first-order chi connectivity index (χ1) is 16.4. The Hall–Kier alpha value is -4.00. The van der Waals surface area contributed by atoms with Gasteiger partial charge in [-0.05, 0) is 71.9 Å². The molecular weight excluding hydrogens is 452 g/mol. The second-order valence-electron chi connectivity index (χ2n) is 7.56. The van der Waals surface area contributed by atoms with Gasteiger partial charge in [-0.15, -0.1) is 0 Å². The number of halogens is 4. The van der Waals surface area contributed by atoms with Crippen molar-refractivity contribution in [2.75, 3.05) is 0 Å². The van der Waals surface area contributed by atoms with Crippen LogP contribution in [0.5, 0.6) is 11.5 Å². The zero-order valence-electron chi connectivity index (χ0n) is 17.8. The molecule has 2 aromatic rings. The van der Waals surface area contributed by atoms with Crippen LogP contribution in [0.4, 0.5) is 17.6 Å². The molecule has 1 aliphatic heterocycles. The third-order valence-electron chi connectivity index (χ3n) is 5.41. The SMILES string of the molecule is N#CNC1=N[C@H](c2ccc(OC(F)F)cc2)C2=C(N1)/C(=C/c1ccc(OC(F)F)cc1)CCC2. The fourth-order valence-corrected chi connectivity index (χ4v) is 4.03. The summed E-state index contributed by atoms with van der Waals surface area (Å²) in [6.45, 7) is -5.80. The molecule has 0 fully saturated rings. The van der Waals surface area contributed by atoms with Crippen molar-refractivity contribution >= 4 is 12.0 Å². The lowest BCUT2D eigenvalue weighted by atomic mass is 9.84. The zero-order chi connectivity index (χ0) is 24.1. The van der Waals surface area contributed by atoms with Gasteiger partial charge in [0, 0.05) is 5.70 Å². The Morgan fingerprint density at radius 2 is 1.59 bits per heavy atom. The molecule has 2 aliphatic rings. The number of nitriles is 1. The molecule has 1 aliphatic carbocycles. The third-order valence-corrected chi connectivity index (χ3v) is 5.41. The molecule has 0 aromatic heterocycles. The quantitative estimate of drug-likeness (QED) is 0.331. The molecule has 6 nitrogen and oxygen atoms in total. The maximum Gasteiger partial charge on any atom is 0.387 e. The second-order valence-corrected chi connectivity index (χ2v) is 7.56. The Labute approximate surface area is 193 Å².